The van der Waals surface area contributed by atoms with Gasteiger partial charge in [-0.05, 0) is 49.6 Å². The van der Waals surface area contributed by atoms with Gasteiger partial charge >= 0.3 is 5.97 Å². The van der Waals surface area contributed by atoms with E-state index in [4.69, 9.17) is 9.15 Å². The van der Waals surface area contributed by atoms with Crippen LogP contribution in [0.25, 0.3) is 22.8 Å². The molecule has 0 aliphatic rings. The lowest BCUT2D eigenvalue weighted by atomic mass is 10.1. The Morgan fingerprint density at radius 1 is 1.14 bits per heavy atom. The van der Waals surface area contributed by atoms with Crippen molar-refractivity contribution in [3.05, 3.63) is 54.2 Å². The first-order valence-electron chi connectivity index (χ1n) is 8.72. The van der Waals surface area contributed by atoms with E-state index in [0.717, 1.165) is 10.5 Å². The average Bonchev–Trinajstić information content (AvgIpc) is 3.14. The molecule has 0 aliphatic carbocycles. The summed E-state index contributed by atoms with van der Waals surface area (Å²) >= 11 is 1.60. The van der Waals surface area contributed by atoms with E-state index in [1.165, 1.54) is 6.92 Å². The molecule has 144 valence electrons. The Morgan fingerprint density at radius 2 is 1.89 bits per heavy atom. The number of nitrogens with zero attached hydrogens (tertiary/aromatic N) is 1. The second-order valence-corrected chi connectivity index (χ2v) is 6.79. The Balaban J connectivity index is 2.03. The zero-order valence-electron chi connectivity index (χ0n) is 15.8. The van der Waals surface area contributed by atoms with Crippen LogP contribution in [0, 0.1) is 0 Å². The number of ether oxygens (including phenoxy) is 1. The second-order valence-electron chi connectivity index (χ2n) is 5.91. The number of oxazole rings is 1. The quantitative estimate of drug-likeness (QED) is 0.473. The minimum atomic E-state index is -0.531. The first-order valence-corrected chi connectivity index (χ1v) is 9.94. The molecule has 0 atom stereocenters. The third kappa shape index (κ3) is 4.43. The first-order chi connectivity index (χ1) is 13.5. The highest BCUT2D eigenvalue weighted by molar-refractivity contribution is 7.98. The molecule has 28 heavy (non-hydrogen) atoms. The fourth-order valence-electron chi connectivity index (χ4n) is 2.64. The molecule has 6 nitrogen and oxygen atoms in total. The number of hydrogen-bond donors (Lipinski definition) is 1. The highest BCUT2D eigenvalue weighted by Crippen LogP contribution is 2.32. The summed E-state index contributed by atoms with van der Waals surface area (Å²) in [5, 5.41) is 2.71. The van der Waals surface area contributed by atoms with E-state index in [1.54, 1.807) is 43.0 Å². The number of benzene rings is 2. The molecule has 2 aromatic carbocycles. The van der Waals surface area contributed by atoms with Crippen LogP contribution >= 0.6 is 11.8 Å². The van der Waals surface area contributed by atoms with Crippen LogP contribution < -0.4 is 5.32 Å². The maximum absolute atomic E-state index is 12.4. The van der Waals surface area contributed by atoms with Crippen LogP contribution in [-0.4, -0.2) is 29.7 Å². The number of nitrogens with one attached hydrogen (secondary N) is 1. The fourth-order valence-corrected chi connectivity index (χ4v) is 3.10. The summed E-state index contributed by atoms with van der Waals surface area (Å²) in [5.41, 5.74) is 2.25. The minimum Gasteiger partial charge on any atom is -0.461 e. The molecule has 0 aliphatic heterocycles. The van der Waals surface area contributed by atoms with Gasteiger partial charge in [-0.15, -0.1) is 11.8 Å². The third-order valence-corrected chi connectivity index (χ3v) is 4.61. The van der Waals surface area contributed by atoms with Crippen molar-refractivity contribution in [1.82, 2.24) is 4.98 Å². The Hall–Kier alpha value is -3.06. The van der Waals surface area contributed by atoms with E-state index in [2.05, 4.69) is 10.3 Å². The highest BCUT2D eigenvalue weighted by atomic mass is 32.2. The standard InChI is InChI=1S/C21H20N2O4S/c1-4-26-21(25)18-19(15-6-5-7-17(12-15)28-3)27-20(23-18)14-8-10-16(11-9-14)22-13(2)24/h5-12H,4H2,1-3H3,(H,22,24). The Morgan fingerprint density at radius 3 is 2.54 bits per heavy atom. The van der Waals surface area contributed by atoms with E-state index in [9.17, 15) is 9.59 Å². The van der Waals surface area contributed by atoms with Crippen molar-refractivity contribution in [2.75, 3.05) is 18.2 Å². The van der Waals surface area contributed by atoms with Crippen LogP contribution in [0.5, 0.6) is 0 Å². The van der Waals surface area contributed by atoms with Crippen LogP contribution in [-0.2, 0) is 9.53 Å². The summed E-state index contributed by atoms with van der Waals surface area (Å²) in [4.78, 5) is 29.0. The predicted octanol–water partition coefficient (Wildman–Crippen LogP) is 4.87. The van der Waals surface area contributed by atoms with E-state index in [-0.39, 0.29) is 18.2 Å². The third-order valence-electron chi connectivity index (χ3n) is 3.88. The van der Waals surface area contributed by atoms with Crippen molar-refractivity contribution in [3.63, 3.8) is 0 Å². The molecule has 1 amide bonds. The van der Waals surface area contributed by atoms with Crippen LogP contribution in [0.1, 0.15) is 24.3 Å². The fraction of sp³-hybridized carbons (Fsp3) is 0.190. The van der Waals surface area contributed by atoms with E-state index < -0.39 is 5.97 Å². The zero-order valence-corrected chi connectivity index (χ0v) is 16.6. The number of anilines is 1. The molecule has 0 bridgehead atoms. The van der Waals surface area contributed by atoms with Crippen molar-refractivity contribution in [1.29, 1.82) is 0 Å². The van der Waals surface area contributed by atoms with E-state index in [1.807, 2.05) is 30.5 Å². The van der Waals surface area contributed by atoms with Gasteiger partial charge in [0.2, 0.25) is 11.8 Å². The van der Waals surface area contributed by atoms with Gasteiger partial charge < -0.3 is 14.5 Å². The molecule has 1 heterocycles. The molecule has 1 aromatic heterocycles. The number of thioether (sulfide) groups is 1. The molecule has 3 aromatic rings. The van der Waals surface area contributed by atoms with Crippen molar-refractivity contribution in [3.8, 4) is 22.8 Å². The van der Waals surface area contributed by atoms with Crippen molar-refractivity contribution in [2.24, 2.45) is 0 Å². The number of amides is 1. The lowest BCUT2D eigenvalue weighted by Gasteiger charge is -2.03. The summed E-state index contributed by atoms with van der Waals surface area (Å²) in [7, 11) is 0. The van der Waals surface area contributed by atoms with Crippen LogP contribution in [0.2, 0.25) is 0 Å². The van der Waals surface area contributed by atoms with Crippen molar-refractivity contribution in [2.45, 2.75) is 18.7 Å². The highest BCUT2D eigenvalue weighted by Gasteiger charge is 2.23. The molecule has 7 heteroatoms. The van der Waals surface area contributed by atoms with Gasteiger partial charge in [-0.2, -0.15) is 0 Å². The summed E-state index contributed by atoms with van der Waals surface area (Å²) in [6.45, 7) is 3.44. The van der Waals surface area contributed by atoms with E-state index in [0.29, 0.717) is 22.9 Å². The SMILES string of the molecule is CCOC(=O)c1nc(-c2ccc(NC(C)=O)cc2)oc1-c1cccc(SC)c1. The maximum atomic E-state index is 12.4. The zero-order chi connectivity index (χ0) is 20.1. The van der Waals surface area contributed by atoms with Gasteiger partial charge in [-0.1, -0.05) is 12.1 Å². The van der Waals surface area contributed by atoms with Crippen LogP contribution in [0.4, 0.5) is 5.69 Å². The maximum Gasteiger partial charge on any atom is 0.361 e. The number of rotatable bonds is 6. The van der Waals surface area contributed by atoms with E-state index >= 15 is 0 Å². The summed E-state index contributed by atoms with van der Waals surface area (Å²) in [5.74, 6) is -0.00127. The molecule has 0 radical (unpaired) electrons. The van der Waals surface area contributed by atoms with Gasteiger partial charge in [-0.25, -0.2) is 9.78 Å². The number of carbonyl (C=O) groups is 2. The molecule has 1 N–H and O–H groups in total. The molecule has 0 fully saturated rings. The summed E-state index contributed by atoms with van der Waals surface area (Å²) in [6, 6.07) is 14.7. The Labute approximate surface area is 167 Å². The lowest BCUT2D eigenvalue weighted by Crippen LogP contribution is -2.06. The lowest BCUT2D eigenvalue weighted by molar-refractivity contribution is -0.114. The Bertz CT molecular complexity index is 996. The minimum absolute atomic E-state index is 0.140. The predicted molar refractivity (Wildman–Crippen MR) is 109 cm³/mol. The monoisotopic (exact) mass is 396 g/mol. The summed E-state index contributed by atoms with van der Waals surface area (Å²) in [6.07, 6.45) is 1.98. The molecule has 0 saturated carbocycles. The first kappa shape index (κ1) is 19.7. The largest absolute Gasteiger partial charge is 0.461 e. The number of hydrogen-bond acceptors (Lipinski definition) is 6. The topological polar surface area (TPSA) is 81.4 Å². The normalized spacial score (nSPS) is 10.5. The number of carbonyl (C=O) groups excluding carboxylic acids is 2. The van der Waals surface area contributed by atoms with Gasteiger partial charge in [0, 0.05) is 28.6 Å². The average molecular weight is 396 g/mol. The van der Waals surface area contributed by atoms with Gasteiger partial charge in [0.15, 0.2) is 11.5 Å². The van der Waals surface area contributed by atoms with Crippen LogP contribution in [0.3, 0.4) is 0 Å². The summed E-state index contributed by atoms with van der Waals surface area (Å²) < 4.78 is 11.1. The Kier molecular flexibility index (Phi) is 6.16. The molecule has 0 spiro atoms. The van der Waals surface area contributed by atoms with Crippen molar-refractivity contribution >= 4 is 29.3 Å². The molecule has 0 saturated heterocycles. The number of aromatic nitrogens is 1. The van der Waals surface area contributed by atoms with Crippen LogP contribution in [0.15, 0.2) is 57.8 Å². The van der Waals surface area contributed by atoms with Gasteiger partial charge in [0.05, 0.1) is 6.61 Å². The molecular weight excluding hydrogens is 376 g/mol. The molecule has 0 unspecified atom stereocenters. The molecule has 3 rings (SSSR count). The number of esters is 1. The van der Waals surface area contributed by atoms with Gasteiger partial charge in [0.25, 0.3) is 0 Å². The molecular formula is C21H20N2O4S. The van der Waals surface area contributed by atoms with Gasteiger partial charge in [-0.3, -0.25) is 4.79 Å². The second kappa shape index (κ2) is 8.75. The smallest absolute Gasteiger partial charge is 0.361 e. The van der Waals surface area contributed by atoms with Gasteiger partial charge in [0.1, 0.15) is 0 Å². The van der Waals surface area contributed by atoms with Crippen molar-refractivity contribution < 1.29 is 18.7 Å².